The predicted molar refractivity (Wildman–Crippen MR) is 121 cm³/mol. The molecule has 2 heterocycles. The number of hydrogen-bond donors (Lipinski definition) is 2. The molecule has 1 aliphatic carbocycles. The smallest absolute Gasteiger partial charge is 0.352 e. The largest absolute Gasteiger partial charge is 0.401 e. The van der Waals surface area contributed by atoms with Crippen molar-refractivity contribution in [1.29, 1.82) is 0 Å². The Morgan fingerprint density at radius 3 is 2.50 bits per heavy atom. The lowest BCUT2D eigenvalue weighted by Crippen LogP contribution is -2.55. The molecule has 1 unspecified atom stereocenters. The van der Waals surface area contributed by atoms with Crippen LogP contribution in [0.3, 0.4) is 0 Å². The standard InChI is InChI=1S/C23H30F3N5O3/c1-15-12-20(32)28-18-13-17(21(33)27-7-6-16-2-3-16)4-5-19(18)31(15)22(34)30-10-8-29(9-11-30)14-23(24,25)26/h4-5,13,15-16H,2-3,6-12,14H2,1H3,(H,27,33)(H,28,32). The number of piperazine rings is 1. The molecule has 0 aromatic heterocycles. The Morgan fingerprint density at radius 1 is 1.15 bits per heavy atom. The summed E-state index contributed by atoms with van der Waals surface area (Å²) < 4.78 is 38.1. The molecule has 0 radical (unpaired) electrons. The molecule has 1 aromatic rings. The Morgan fingerprint density at radius 2 is 1.85 bits per heavy atom. The van der Waals surface area contributed by atoms with Crippen LogP contribution >= 0.6 is 0 Å². The molecule has 1 saturated carbocycles. The number of halogens is 3. The van der Waals surface area contributed by atoms with Crippen molar-refractivity contribution >= 4 is 29.2 Å². The van der Waals surface area contributed by atoms with Gasteiger partial charge < -0.3 is 15.5 Å². The summed E-state index contributed by atoms with van der Waals surface area (Å²) in [5.41, 5.74) is 1.22. The Hall–Kier alpha value is -2.82. The number of benzene rings is 1. The van der Waals surface area contributed by atoms with E-state index in [0.717, 1.165) is 6.42 Å². The molecule has 11 heteroatoms. The maximum absolute atomic E-state index is 13.4. The van der Waals surface area contributed by atoms with Crippen LogP contribution in [0.15, 0.2) is 18.2 Å². The summed E-state index contributed by atoms with van der Waals surface area (Å²) >= 11 is 0. The van der Waals surface area contributed by atoms with E-state index < -0.39 is 18.8 Å². The Kier molecular flexibility index (Phi) is 7.01. The fraction of sp³-hybridized carbons (Fsp3) is 0.609. The highest BCUT2D eigenvalue weighted by Crippen LogP contribution is 2.34. The molecule has 34 heavy (non-hydrogen) atoms. The predicted octanol–water partition coefficient (Wildman–Crippen LogP) is 3.05. The number of amides is 4. The maximum atomic E-state index is 13.4. The highest BCUT2D eigenvalue weighted by Gasteiger charge is 2.36. The van der Waals surface area contributed by atoms with Crippen LogP contribution in [0.4, 0.5) is 29.3 Å². The lowest BCUT2D eigenvalue weighted by atomic mass is 10.1. The number of alkyl halides is 3. The van der Waals surface area contributed by atoms with Gasteiger partial charge in [-0.05, 0) is 37.5 Å². The quantitative estimate of drug-likeness (QED) is 0.677. The van der Waals surface area contributed by atoms with Crippen molar-refractivity contribution in [2.75, 3.05) is 49.5 Å². The van der Waals surface area contributed by atoms with Crippen LogP contribution in [0.1, 0.15) is 43.0 Å². The van der Waals surface area contributed by atoms with E-state index >= 15 is 0 Å². The summed E-state index contributed by atoms with van der Waals surface area (Å²) in [5, 5.41) is 5.68. The van der Waals surface area contributed by atoms with Crippen molar-refractivity contribution in [1.82, 2.24) is 15.1 Å². The monoisotopic (exact) mass is 481 g/mol. The summed E-state index contributed by atoms with van der Waals surface area (Å²) in [7, 11) is 0. The van der Waals surface area contributed by atoms with Gasteiger partial charge in [0.25, 0.3) is 5.91 Å². The van der Waals surface area contributed by atoms with Gasteiger partial charge in [0.15, 0.2) is 0 Å². The van der Waals surface area contributed by atoms with Gasteiger partial charge in [-0.1, -0.05) is 12.8 Å². The molecule has 0 spiro atoms. The SMILES string of the molecule is CC1CC(=O)Nc2cc(C(=O)NCCC3CC3)ccc2N1C(=O)N1CCN(CC(F)(F)F)CC1. The molecule has 186 valence electrons. The number of carbonyl (C=O) groups excluding carboxylic acids is 3. The number of fused-ring (bicyclic) bond motifs is 1. The van der Waals surface area contributed by atoms with Crippen molar-refractivity contribution in [2.24, 2.45) is 5.92 Å². The second-order valence-corrected chi connectivity index (χ2v) is 9.35. The molecule has 1 atom stereocenters. The zero-order chi connectivity index (χ0) is 24.5. The molecular formula is C23H30F3N5O3. The second-order valence-electron chi connectivity index (χ2n) is 9.35. The number of urea groups is 1. The molecule has 4 rings (SSSR count). The van der Waals surface area contributed by atoms with E-state index in [0.29, 0.717) is 29.4 Å². The zero-order valence-electron chi connectivity index (χ0n) is 19.2. The third kappa shape index (κ3) is 5.99. The number of anilines is 2. The minimum atomic E-state index is -4.28. The molecule has 4 amide bonds. The van der Waals surface area contributed by atoms with Gasteiger partial charge in [0.2, 0.25) is 5.91 Å². The molecule has 1 aromatic carbocycles. The van der Waals surface area contributed by atoms with Gasteiger partial charge in [-0.3, -0.25) is 19.4 Å². The van der Waals surface area contributed by atoms with E-state index in [4.69, 9.17) is 0 Å². The molecule has 1 saturated heterocycles. The summed E-state index contributed by atoms with van der Waals surface area (Å²) in [6, 6.07) is 4.01. The van der Waals surface area contributed by atoms with Crippen LogP contribution in [0.25, 0.3) is 0 Å². The second kappa shape index (κ2) is 9.81. The Labute approximate surface area is 196 Å². The first kappa shape index (κ1) is 24.3. The third-order valence-electron chi connectivity index (χ3n) is 6.50. The minimum absolute atomic E-state index is 0.0668. The van der Waals surface area contributed by atoms with Gasteiger partial charge in [0, 0.05) is 50.7 Å². The summed E-state index contributed by atoms with van der Waals surface area (Å²) in [5.74, 6) is 0.182. The number of nitrogens with zero attached hydrogens (tertiary/aromatic N) is 3. The molecule has 2 fully saturated rings. The van der Waals surface area contributed by atoms with Gasteiger partial charge in [-0.25, -0.2) is 4.79 Å². The average Bonchev–Trinajstić information content (AvgIpc) is 3.59. The van der Waals surface area contributed by atoms with E-state index in [1.807, 2.05) is 0 Å². The first-order chi connectivity index (χ1) is 16.1. The van der Waals surface area contributed by atoms with Crippen molar-refractivity contribution in [2.45, 2.75) is 44.8 Å². The van der Waals surface area contributed by atoms with Crippen molar-refractivity contribution in [3.8, 4) is 0 Å². The lowest BCUT2D eigenvalue weighted by Gasteiger charge is -2.39. The van der Waals surface area contributed by atoms with E-state index in [1.54, 1.807) is 25.1 Å². The van der Waals surface area contributed by atoms with Gasteiger partial charge in [-0.2, -0.15) is 13.2 Å². The summed E-state index contributed by atoms with van der Waals surface area (Å²) in [6.07, 6.45) is -0.848. The van der Waals surface area contributed by atoms with Crippen LogP contribution < -0.4 is 15.5 Å². The van der Waals surface area contributed by atoms with E-state index in [2.05, 4.69) is 10.6 Å². The van der Waals surface area contributed by atoms with Gasteiger partial charge in [0.05, 0.1) is 17.9 Å². The highest BCUT2D eigenvalue weighted by atomic mass is 19.4. The fourth-order valence-corrected chi connectivity index (χ4v) is 4.48. The average molecular weight is 482 g/mol. The Bertz CT molecular complexity index is 942. The minimum Gasteiger partial charge on any atom is -0.352 e. The van der Waals surface area contributed by atoms with Crippen LogP contribution in [0, 0.1) is 5.92 Å². The van der Waals surface area contributed by atoms with Crippen LogP contribution in [0.2, 0.25) is 0 Å². The van der Waals surface area contributed by atoms with E-state index in [1.165, 1.54) is 27.5 Å². The van der Waals surface area contributed by atoms with Crippen molar-refractivity contribution in [3.63, 3.8) is 0 Å². The van der Waals surface area contributed by atoms with Crippen LogP contribution in [0.5, 0.6) is 0 Å². The first-order valence-corrected chi connectivity index (χ1v) is 11.7. The van der Waals surface area contributed by atoms with Crippen LogP contribution in [-0.4, -0.2) is 79.1 Å². The van der Waals surface area contributed by atoms with Gasteiger partial charge in [0.1, 0.15) is 0 Å². The summed E-state index contributed by atoms with van der Waals surface area (Å²) in [4.78, 5) is 42.7. The molecule has 8 nitrogen and oxygen atoms in total. The van der Waals surface area contributed by atoms with Crippen molar-refractivity contribution < 1.29 is 27.6 Å². The van der Waals surface area contributed by atoms with Crippen LogP contribution in [-0.2, 0) is 4.79 Å². The number of hydrogen-bond acceptors (Lipinski definition) is 4. The highest BCUT2D eigenvalue weighted by molar-refractivity contribution is 6.06. The van der Waals surface area contributed by atoms with E-state index in [9.17, 15) is 27.6 Å². The number of carbonyl (C=O) groups is 3. The topological polar surface area (TPSA) is 85.0 Å². The molecular weight excluding hydrogens is 451 g/mol. The third-order valence-corrected chi connectivity index (χ3v) is 6.50. The number of nitrogens with one attached hydrogen (secondary N) is 2. The summed E-state index contributed by atoms with van der Waals surface area (Å²) in [6.45, 7) is 1.92. The number of rotatable bonds is 5. The molecule has 2 aliphatic heterocycles. The first-order valence-electron chi connectivity index (χ1n) is 11.7. The molecule has 2 N–H and O–H groups in total. The normalized spacial score (nSPS) is 21.5. The van der Waals surface area contributed by atoms with Crippen molar-refractivity contribution in [3.05, 3.63) is 23.8 Å². The molecule has 3 aliphatic rings. The lowest BCUT2D eigenvalue weighted by molar-refractivity contribution is -0.148. The fourth-order valence-electron chi connectivity index (χ4n) is 4.48. The van der Waals surface area contributed by atoms with E-state index in [-0.39, 0.29) is 50.4 Å². The molecule has 0 bridgehead atoms. The van der Waals surface area contributed by atoms with Gasteiger partial charge in [-0.15, -0.1) is 0 Å². The zero-order valence-corrected chi connectivity index (χ0v) is 19.2. The Balaban J connectivity index is 1.47. The van der Waals surface area contributed by atoms with Gasteiger partial charge >= 0.3 is 12.2 Å². The maximum Gasteiger partial charge on any atom is 0.401 e.